The molecular weight excluding hydrogens is 588 g/mol. The van der Waals surface area contributed by atoms with Crippen molar-refractivity contribution in [2.75, 3.05) is 12.0 Å². The monoisotopic (exact) mass is 606 g/mol. The Kier molecular flexibility index (Phi) is 6.98. The summed E-state index contributed by atoms with van der Waals surface area (Å²) in [4.78, 5) is 39.2. The van der Waals surface area contributed by atoms with Crippen LogP contribution < -0.4 is 15.0 Å². The Morgan fingerprint density at radius 2 is 1.74 bits per heavy atom. The van der Waals surface area contributed by atoms with Gasteiger partial charge in [0, 0.05) is 10.0 Å². The number of thioether (sulfide) groups is 1. The summed E-state index contributed by atoms with van der Waals surface area (Å²) >= 11 is 4.04. The molecule has 3 aromatic rings. The second-order valence-electron chi connectivity index (χ2n) is 8.31. The summed E-state index contributed by atoms with van der Waals surface area (Å²) in [6.07, 6.45) is 1.45. The van der Waals surface area contributed by atoms with Crippen molar-refractivity contribution < 1.29 is 29.3 Å². The van der Waals surface area contributed by atoms with E-state index in [0.29, 0.717) is 11.3 Å². The number of carbonyl (C=O) groups is 3. The van der Waals surface area contributed by atoms with Gasteiger partial charge >= 0.3 is 5.91 Å². The molecule has 3 N–H and O–H groups in total. The van der Waals surface area contributed by atoms with Gasteiger partial charge in [0.15, 0.2) is 5.17 Å². The van der Waals surface area contributed by atoms with E-state index in [1.807, 2.05) is 0 Å². The van der Waals surface area contributed by atoms with E-state index in [2.05, 4.69) is 31.4 Å². The van der Waals surface area contributed by atoms with Crippen LogP contribution in [0.4, 0.5) is 5.69 Å². The Morgan fingerprint density at radius 1 is 1.05 bits per heavy atom. The van der Waals surface area contributed by atoms with Gasteiger partial charge in [-0.25, -0.2) is 0 Å². The molecule has 1 spiro atoms. The Balaban J connectivity index is 1.62. The molecule has 196 valence electrons. The molecule has 0 radical (unpaired) electrons. The number of methoxy groups -OCH3 is 1. The van der Waals surface area contributed by atoms with Crippen molar-refractivity contribution in [2.45, 2.75) is 4.87 Å². The van der Waals surface area contributed by atoms with Crippen molar-refractivity contribution in [2.24, 2.45) is 10.2 Å². The third-order valence-corrected chi connectivity index (χ3v) is 7.77. The number of ether oxygens (including phenoxy) is 1. The number of ketones is 1. The maximum Gasteiger partial charge on any atom is 0.301 e. The van der Waals surface area contributed by atoms with E-state index in [1.165, 1.54) is 36.5 Å². The summed E-state index contributed by atoms with van der Waals surface area (Å²) in [5.74, 6) is -3.22. The lowest BCUT2D eigenvalue weighted by Crippen LogP contribution is -2.50. The second kappa shape index (κ2) is 10.4. The number of aliphatic hydroxyl groups excluding tert-OH is 1. The number of benzene rings is 3. The number of rotatable bonds is 5. The summed E-state index contributed by atoms with van der Waals surface area (Å²) in [7, 11) is 1.55. The fourth-order valence-corrected chi connectivity index (χ4v) is 5.64. The summed E-state index contributed by atoms with van der Waals surface area (Å²) in [5.41, 5.74) is 0.383. The molecule has 1 atom stereocenters. The summed E-state index contributed by atoms with van der Waals surface area (Å²) in [5, 5.41) is 32.4. The molecule has 10 nitrogen and oxygen atoms in total. The van der Waals surface area contributed by atoms with Gasteiger partial charge in [-0.05, 0) is 65.9 Å². The highest BCUT2D eigenvalue weighted by molar-refractivity contribution is 9.10. The summed E-state index contributed by atoms with van der Waals surface area (Å²) in [6, 6.07) is 19.2. The Morgan fingerprint density at radius 3 is 2.41 bits per heavy atom. The molecule has 2 fully saturated rings. The van der Waals surface area contributed by atoms with Gasteiger partial charge < -0.3 is 20.3 Å². The molecular formula is C27H19BrN4O6S. The average molecular weight is 607 g/mol. The first-order valence-corrected chi connectivity index (χ1v) is 13.0. The van der Waals surface area contributed by atoms with Crippen molar-refractivity contribution in [1.82, 2.24) is 5.32 Å². The molecule has 2 saturated heterocycles. The number of nitrogens with one attached hydrogen (secondary N) is 1. The van der Waals surface area contributed by atoms with Crippen molar-refractivity contribution in [1.29, 1.82) is 0 Å². The minimum Gasteiger partial charge on any atom is -0.507 e. The maximum atomic E-state index is 13.6. The minimum atomic E-state index is -2.10. The van der Waals surface area contributed by atoms with Gasteiger partial charge in [-0.2, -0.15) is 5.10 Å². The molecule has 0 bridgehead atoms. The summed E-state index contributed by atoms with van der Waals surface area (Å²) < 4.78 is 5.85. The lowest BCUT2D eigenvalue weighted by atomic mass is 9.99. The maximum absolute atomic E-state index is 13.6. The van der Waals surface area contributed by atoms with Gasteiger partial charge in [0.25, 0.3) is 11.7 Å². The normalized spacial score (nSPS) is 21.3. The van der Waals surface area contributed by atoms with Gasteiger partial charge in [0.1, 0.15) is 17.3 Å². The number of phenolic OH excluding ortho intramolecular Hbond substituents is 1. The molecule has 2 aliphatic rings. The van der Waals surface area contributed by atoms with Crippen LogP contribution in [-0.2, 0) is 14.4 Å². The molecule has 0 aromatic heterocycles. The molecule has 0 saturated carbocycles. The van der Waals surface area contributed by atoms with Crippen molar-refractivity contribution in [3.63, 3.8) is 0 Å². The Bertz CT molecular complexity index is 1590. The molecule has 2 heterocycles. The van der Waals surface area contributed by atoms with E-state index in [9.17, 15) is 24.6 Å². The van der Waals surface area contributed by atoms with Gasteiger partial charge in [0.05, 0.1) is 24.6 Å². The average Bonchev–Trinajstić information content (AvgIpc) is 3.36. The zero-order valence-electron chi connectivity index (χ0n) is 20.2. The van der Waals surface area contributed by atoms with Crippen molar-refractivity contribution >= 4 is 68.1 Å². The quantitative estimate of drug-likeness (QED) is 0.131. The van der Waals surface area contributed by atoms with E-state index in [-0.39, 0.29) is 22.2 Å². The standard InChI is InChI=1S/C27H19BrN4O6S/c1-38-18-12-6-15(7-13-18)14-29-31-26-30-25(37)27(39-26)21(22(34)16-8-10-17(28)11-9-16)23(35)24(36)32(27)19-4-2-3-5-20(19)33/h2-14,33-34H,1H3,(H,30,31,37)/b22-21-,29-14+. The van der Waals surface area contributed by atoms with Crippen LogP contribution in [0.2, 0.25) is 0 Å². The van der Waals surface area contributed by atoms with Crippen molar-refractivity contribution in [3.05, 3.63) is 94.0 Å². The lowest BCUT2D eigenvalue weighted by molar-refractivity contribution is -0.132. The summed E-state index contributed by atoms with van der Waals surface area (Å²) in [6.45, 7) is 0. The van der Waals surface area contributed by atoms with Crippen LogP contribution >= 0.6 is 27.7 Å². The number of aromatic hydroxyl groups is 1. The molecule has 0 aliphatic carbocycles. The van der Waals surface area contributed by atoms with E-state index < -0.39 is 33.8 Å². The van der Waals surface area contributed by atoms with Crippen LogP contribution in [0.3, 0.4) is 0 Å². The molecule has 39 heavy (non-hydrogen) atoms. The first kappa shape index (κ1) is 26.2. The van der Waals surface area contributed by atoms with Crippen LogP contribution in [0.25, 0.3) is 5.76 Å². The number of phenols is 1. The number of aliphatic hydroxyl groups is 1. The third-order valence-electron chi connectivity index (χ3n) is 6.00. The highest BCUT2D eigenvalue weighted by Crippen LogP contribution is 2.52. The largest absolute Gasteiger partial charge is 0.507 e. The van der Waals surface area contributed by atoms with Gasteiger partial charge in [-0.3, -0.25) is 19.3 Å². The zero-order chi connectivity index (χ0) is 27.7. The number of anilines is 1. The number of hydrogen-bond donors (Lipinski definition) is 3. The van der Waals surface area contributed by atoms with E-state index in [4.69, 9.17) is 4.74 Å². The fourth-order valence-electron chi connectivity index (χ4n) is 4.16. The van der Waals surface area contributed by atoms with Crippen LogP contribution in [0, 0.1) is 0 Å². The van der Waals surface area contributed by atoms with Crippen LogP contribution in [0.1, 0.15) is 11.1 Å². The molecule has 5 rings (SSSR count). The molecule has 1 unspecified atom stereocenters. The van der Waals surface area contributed by atoms with Gasteiger partial charge in [-0.15, -0.1) is 5.10 Å². The smallest absolute Gasteiger partial charge is 0.301 e. The number of para-hydroxylation sites is 2. The molecule has 2 amide bonds. The second-order valence-corrected chi connectivity index (χ2v) is 10.4. The highest BCUT2D eigenvalue weighted by atomic mass is 79.9. The highest BCUT2D eigenvalue weighted by Gasteiger charge is 2.66. The molecule has 2 aliphatic heterocycles. The van der Waals surface area contributed by atoms with E-state index in [0.717, 1.165) is 21.1 Å². The number of amidine groups is 1. The Labute approximate surface area is 234 Å². The van der Waals surface area contributed by atoms with Gasteiger partial charge in [-0.1, -0.05) is 40.2 Å². The predicted octanol–water partition coefficient (Wildman–Crippen LogP) is 4.00. The number of nitrogens with zero attached hydrogens (tertiary/aromatic N) is 3. The van der Waals surface area contributed by atoms with Gasteiger partial charge in [0.2, 0.25) is 4.87 Å². The number of carbonyl (C=O) groups excluding carboxylic acids is 3. The van der Waals surface area contributed by atoms with Crippen LogP contribution in [-0.4, -0.2) is 51.2 Å². The Hall–Kier alpha value is -4.42. The van der Waals surface area contributed by atoms with Crippen molar-refractivity contribution in [3.8, 4) is 11.5 Å². The van der Waals surface area contributed by atoms with E-state index >= 15 is 0 Å². The van der Waals surface area contributed by atoms with E-state index in [1.54, 1.807) is 49.6 Å². The minimum absolute atomic E-state index is 0.0196. The van der Waals surface area contributed by atoms with Crippen LogP contribution in [0.5, 0.6) is 11.5 Å². The number of hydrogen-bond acceptors (Lipinski definition) is 9. The first-order chi connectivity index (χ1) is 18.8. The number of Topliss-reactive ketones (excluding diaryl/α,β-unsaturated/α-hetero) is 1. The topological polar surface area (TPSA) is 141 Å². The number of amides is 2. The third kappa shape index (κ3) is 4.57. The number of halogens is 1. The van der Waals surface area contributed by atoms with Crippen LogP contribution in [0.15, 0.2) is 93.0 Å². The molecule has 3 aromatic carbocycles. The fraction of sp³-hybridized carbons (Fsp3) is 0.0741. The first-order valence-electron chi connectivity index (χ1n) is 11.4. The SMILES string of the molecule is COc1ccc(/C=N/N=C2/NC(=O)C3(S2)/C(=C(\O)c2ccc(Br)cc2)C(=O)C(=O)N3c2ccccc2O)cc1. The molecule has 12 heteroatoms. The lowest BCUT2D eigenvalue weighted by Gasteiger charge is -2.31. The predicted molar refractivity (Wildman–Crippen MR) is 151 cm³/mol. The zero-order valence-corrected chi connectivity index (χ0v) is 22.6.